The van der Waals surface area contributed by atoms with E-state index < -0.39 is 0 Å². The number of nitrogens with zero attached hydrogens (tertiary/aromatic N) is 2. The van der Waals surface area contributed by atoms with Crippen LogP contribution in [0.1, 0.15) is 17.7 Å². The Morgan fingerprint density at radius 3 is 2.73 bits per heavy atom. The third kappa shape index (κ3) is 1.84. The van der Waals surface area contributed by atoms with Crippen molar-refractivity contribution in [3.8, 4) is 11.4 Å². The van der Waals surface area contributed by atoms with Crippen LogP contribution in [0.15, 0.2) is 47.4 Å². The molecule has 4 heteroatoms. The van der Waals surface area contributed by atoms with Crippen molar-refractivity contribution in [3.05, 3.63) is 64.1 Å². The molecular formula is C18H16N2O2. The molecule has 1 aliphatic rings. The molecule has 0 aliphatic heterocycles. The second kappa shape index (κ2) is 4.98. The molecule has 2 aromatic heterocycles. The Balaban J connectivity index is 2.08. The molecule has 4 nitrogen and oxygen atoms in total. The zero-order valence-corrected chi connectivity index (χ0v) is 12.4. The highest BCUT2D eigenvalue weighted by Gasteiger charge is 2.22. The highest BCUT2D eigenvalue weighted by atomic mass is 16.5. The van der Waals surface area contributed by atoms with Gasteiger partial charge in [-0.25, -0.2) is 4.98 Å². The minimum absolute atomic E-state index is 0.139. The van der Waals surface area contributed by atoms with Crippen molar-refractivity contribution < 1.29 is 4.74 Å². The quantitative estimate of drug-likeness (QED) is 0.729. The van der Waals surface area contributed by atoms with E-state index in [4.69, 9.17) is 4.74 Å². The van der Waals surface area contributed by atoms with Crippen LogP contribution < -0.4 is 10.2 Å². The monoisotopic (exact) mass is 292 g/mol. The summed E-state index contributed by atoms with van der Waals surface area (Å²) in [6.07, 6.45) is 4.54. The Bertz CT molecular complexity index is 911. The van der Waals surface area contributed by atoms with E-state index in [-0.39, 0.29) is 5.43 Å². The largest absolute Gasteiger partial charge is 0.497 e. The van der Waals surface area contributed by atoms with E-state index in [1.54, 1.807) is 13.3 Å². The molecule has 0 saturated carbocycles. The summed E-state index contributed by atoms with van der Waals surface area (Å²) < 4.78 is 7.35. The summed E-state index contributed by atoms with van der Waals surface area (Å²) in [7, 11) is 1.66. The number of fused-ring (bicyclic) bond motifs is 2. The molecule has 1 aliphatic carbocycles. The molecule has 3 aromatic rings. The van der Waals surface area contributed by atoms with Crippen molar-refractivity contribution in [2.45, 2.75) is 19.3 Å². The van der Waals surface area contributed by atoms with Crippen molar-refractivity contribution in [3.63, 3.8) is 0 Å². The summed E-state index contributed by atoms with van der Waals surface area (Å²) in [4.78, 5) is 17.1. The number of aromatic nitrogens is 2. The van der Waals surface area contributed by atoms with Gasteiger partial charge in [-0.1, -0.05) is 0 Å². The smallest absolute Gasteiger partial charge is 0.194 e. The number of rotatable bonds is 2. The molecule has 0 saturated heterocycles. The van der Waals surface area contributed by atoms with Crippen LogP contribution in [0.25, 0.3) is 16.7 Å². The second-order valence-corrected chi connectivity index (χ2v) is 5.52. The Kier molecular flexibility index (Phi) is 2.96. The molecule has 0 atom stereocenters. The second-order valence-electron chi connectivity index (χ2n) is 5.52. The van der Waals surface area contributed by atoms with Gasteiger partial charge >= 0.3 is 0 Å². The van der Waals surface area contributed by atoms with Crippen LogP contribution in [-0.4, -0.2) is 16.7 Å². The lowest BCUT2D eigenvalue weighted by Crippen LogP contribution is -2.17. The van der Waals surface area contributed by atoms with Gasteiger partial charge in [0.05, 0.1) is 12.5 Å². The Hall–Kier alpha value is -2.62. The predicted molar refractivity (Wildman–Crippen MR) is 85.9 cm³/mol. The van der Waals surface area contributed by atoms with E-state index in [2.05, 4.69) is 9.55 Å². The van der Waals surface area contributed by atoms with E-state index in [1.165, 1.54) is 0 Å². The number of pyridine rings is 2. The van der Waals surface area contributed by atoms with Crippen LogP contribution in [-0.2, 0) is 12.8 Å². The number of hydrogen-bond donors (Lipinski definition) is 0. The van der Waals surface area contributed by atoms with Crippen LogP contribution in [0.5, 0.6) is 5.75 Å². The minimum atomic E-state index is 0.139. The fraction of sp³-hybridized carbons (Fsp3) is 0.222. The lowest BCUT2D eigenvalue weighted by Gasteiger charge is -2.16. The molecule has 0 radical (unpaired) electrons. The minimum Gasteiger partial charge on any atom is -0.497 e. The highest BCUT2D eigenvalue weighted by molar-refractivity contribution is 5.78. The van der Waals surface area contributed by atoms with Gasteiger partial charge in [-0.2, -0.15) is 0 Å². The van der Waals surface area contributed by atoms with Crippen molar-refractivity contribution in [2.75, 3.05) is 7.11 Å². The average Bonchev–Trinajstić information content (AvgIpc) is 3.05. The van der Waals surface area contributed by atoms with Gasteiger partial charge in [0.2, 0.25) is 0 Å². The maximum Gasteiger partial charge on any atom is 0.194 e. The number of benzene rings is 1. The SMILES string of the molecule is COc1ccc(-n2c3c(c(=O)c4cccnc42)CCC3)cc1. The van der Waals surface area contributed by atoms with Gasteiger partial charge < -0.3 is 4.74 Å². The summed E-state index contributed by atoms with van der Waals surface area (Å²) in [6.45, 7) is 0. The van der Waals surface area contributed by atoms with E-state index in [0.717, 1.165) is 47.6 Å². The molecule has 0 unspecified atom stereocenters. The van der Waals surface area contributed by atoms with Crippen LogP contribution >= 0.6 is 0 Å². The normalized spacial score (nSPS) is 13.3. The third-order valence-electron chi connectivity index (χ3n) is 4.31. The standard InChI is InChI=1S/C18H16N2O2/c1-22-13-9-7-12(8-10-13)20-16-6-2-4-14(16)17(21)15-5-3-11-19-18(15)20/h3,5,7-11H,2,4,6H2,1H3. The maximum absolute atomic E-state index is 12.6. The van der Waals surface area contributed by atoms with E-state index in [1.807, 2.05) is 36.4 Å². The first-order valence-electron chi connectivity index (χ1n) is 7.45. The van der Waals surface area contributed by atoms with Gasteiger partial charge in [0.25, 0.3) is 0 Å². The van der Waals surface area contributed by atoms with Crippen molar-refractivity contribution in [1.82, 2.24) is 9.55 Å². The Morgan fingerprint density at radius 2 is 1.95 bits per heavy atom. The molecule has 0 spiro atoms. The van der Waals surface area contributed by atoms with Gasteiger partial charge in [0, 0.05) is 23.1 Å². The number of methoxy groups -OCH3 is 1. The highest BCUT2D eigenvalue weighted by Crippen LogP contribution is 2.27. The predicted octanol–water partition coefficient (Wildman–Crippen LogP) is 2.88. The number of ether oxygens (including phenoxy) is 1. The fourth-order valence-corrected chi connectivity index (χ4v) is 3.27. The topological polar surface area (TPSA) is 44.1 Å². The molecule has 0 fully saturated rings. The van der Waals surface area contributed by atoms with E-state index in [9.17, 15) is 4.79 Å². The summed E-state index contributed by atoms with van der Waals surface area (Å²) in [5.41, 5.74) is 3.93. The molecule has 2 heterocycles. The molecular weight excluding hydrogens is 276 g/mol. The van der Waals surface area contributed by atoms with Crippen LogP contribution in [0.2, 0.25) is 0 Å². The Labute approximate surface area is 128 Å². The first-order valence-corrected chi connectivity index (χ1v) is 7.45. The molecule has 110 valence electrons. The first kappa shape index (κ1) is 13.1. The van der Waals surface area contributed by atoms with Gasteiger partial charge in [-0.3, -0.25) is 9.36 Å². The molecule has 0 amide bonds. The maximum atomic E-state index is 12.6. The third-order valence-corrected chi connectivity index (χ3v) is 4.31. The van der Waals surface area contributed by atoms with Crippen LogP contribution in [0, 0.1) is 0 Å². The van der Waals surface area contributed by atoms with E-state index >= 15 is 0 Å². The first-order chi connectivity index (χ1) is 10.8. The molecule has 4 rings (SSSR count). The zero-order chi connectivity index (χ0) is 15.1. The Morgan fingerprint density at radius 1 is 1.14 bits per heavy atom. The summed E-state index contributed by atoms with van der Waals surface area (Å²) in [6, 6.07) is 11.6. The summed E-state index contributed by atoms with van der Waals surface area (Å²) in [5.74, 6) is 0.818. The van der Waals surface area contributed by atoms with Gasteiger partial charge in [0.1, 0.15) is 11.4 Å². The number of hydrogen-bond acceptors (Lipinski definition) is 3. The van der Waals surface area contributed by atoms with Gasteiger partial charge in [0.15, 0.2) is 5.43 Å². The zero-order valence-electron chi connectivity index (χ0n) is 12.4. The van der Waals surface area contributed by atoms with E-state index in [0.29, 0.717) is 5.39 Å². The van der Waals surface area contributed by atoms with Crippen molar-refractivity contribution in [2.24, 2.45) is 0 Å². The summed E-state index contributed by atoms with van der Waals surface area (Å²) in [5, 5.41) is 0.693. The van der Waals surface area contributed by atoms with Crippen molar-refractivity contribution in [1.29, 1.82) is 0 Å². The molecule has 0 N–H and O–H groups in total. The lowest BCUT2D eigenvalue weighted by molar-refractivity contribution is 0.414. The van der Waals surface area contributed by atoms with Crippen LogP contribution in [0.4, 0.5) is 0 Å². The fourth-order valence-electron chi connectivity index (χ4n) is 3.27. The molecule has 0 bridgehead atoms. The molecule has 22 heavy (non-hydrogen) atoms. The van der Waals surface area contributed by atoms with Crippen LogP contribution in [0.3, 0.4) is 0 Å². The summed E-state index contributed by atoms with van der Waals surface area (Å²) >= 11 is 0. The van der Waals surface area contributed by atoms with Gasteiger partial charge in [-0.15, -0.1) is 0 Å². The van der Waals surface area contributed by atoms with Crippen molar-refractivity contribution >= 4 is 11.0 Å². The average molecular weight is 292 g/mol. The molecule has 1 aromatic carbocycles. The van der Waals surface area contributed by atoms with Gasteiger partial charge in [-0.05, 0) is 55.7 Å². The lowest BCUT2D eigenvalue weighted by atomic mass is 10.1.